The number of nitrogens with one attached hydrogen (secondary N) is 1. The summed E-state index contributed by atoms with van der Waals surface area (Å²) < 4.78 is 0. The molecule has 1 saturated heterocycles. The molecule has 1 fully saturated rings. The number of carbonyl (C=O) groups is 2. The van der Waals surface area contributed by atoms with Gasteiger partial charge in [-0.1, -0.05) is 13.3 Å². The number of nitrogens with zero attached hydrogens (tertiary/aromatic N) is 1. The number of hydrogen-bond acceptors (Lipinski definition) is 3. The lowest BCUT2D eigenvalue weighted by Gasteiger charge is -2.32. The van der Waals surface area contributed by atoms with Crippen molar-refractivity contribution in [1.82, 2.24) is 10.4 Å². The molecule has 0 saturated carbocycles. The Morgan fingerprint density at radius 2 is 2.24 bits per heavy atom. The maximum Gasteiger partial charge on any atom is 0.342 e. The molecular weight excluding hydrogens is 224 g/mol. The minimum Gasteiger partial charge on any atom is -0.480 e. The van der Waals surface area contributed by atoms with Gasteiger partial charge in [0.05, 0.1) is 6.61 Å². The van der Waals surface area contributed by atoms with Crippen molar-refractivity contribution in [3.8, 4) is 0 Å². The van der Waals surface area contributed by atoms with E-state index in [-0.39, 0.29) is 0 Å². The van der Waals surface area contributed by atoms with Crippen LogP contribution in [-0.4, -0.2) is 41.2 Å². The first kappa shape index (κ1) is 13.8. The summed E-state index contributed by atoms with van der Waals surface area (Å²) in [4.78, 5) is 29.0. The van der Waals surface area contributed by atoms with Crippen molar-refractivity contribution < 1.29 is 19.5 Å². The Balaban J connectivity index is 2.39. The highest BCUT2D eigenvalue weighted by Gasteiger charge is 2.31. The molecule has 0 radical (unpaired) electrons. The van der Waals surface area contributed by atoms with E-state index in [1.54, 1.807) is 0 Å². The first-order chi connectivity index (χ1) is 8.16. The summed E-state index contributed by atoms with van der Waals surface area (Å²) in [6.45, 7) is 2.95. The smallest absolute Gasteiger partial charge is 0.342 e. The molecule has 17 heavy (non-hydrogen) atoms. The molecule has 2 amide bonds. The van der Waals surface area contributed by atoms with Crippen LogP contribution in [0.15, 0.2) is 0 Å². The Kier molecular flexibility index (Phi) is 5.76. The number of carboxylic acid groups (broad SMARTS) is 1. The lowest BCUT2D eigenvalue weighted by atomic mass is 10.0. The zero-order valence-electron chi connectivity index (χ0n) is 10.1. The second kappa shape index (κ2) is 7.11. The highest BCUT2D eigenvalue weighted by Crippen LogP contribution is 2.17. The van der Waals surface area contributed by atoms with Crippen molar-refractivity contribution in [3.05, 3.63) is 0 Å². The number of hydrogen-bond donors (Lipinski definition) is 2. The molecular formula is C11H20N2O4. The maximum absolute atomic E-state index is 11.7. The van der Waals surface area contributed by atoms with E-state index >= 15 is 0 Å². The topological polar surface area (TPSA) is 78.9 Å². The number of piperidine rings is 1. The second-order valence-electron chi connectivity index (χ2n) is 4.15. The van der Waals surface area contributed by atoms with Crippen molar-refractivity contribution in [3.63, 3.8) is 0 Å². The van der Waals surface area contributed by atoms with Crippen molar-refractivity contribution >= 4 is 12.0 Å². The molecule has 98 valence electrons. The summed E-state index contributed by atoms with van der Waals surface area (Å²) >= 11 is 0. The van der Waals surface area contributed by atoms with Crippen LogP contribution >= 0.6 is 0 Å². The predicted octanol–water partition coefficient (Wildman–Crippen LogP) is 1.37. The van der Waals surface area contributed by atoms with Gasteiger partial charge in [-0.2, -0.15) is 0 Å². The molecule has 0 spiro atoms. The molecule has 1 rings (SSSR count). The van der Waals surface area contributed by atoms with Crippen LogP contribution in [0, 0.1) is 0 Å². The Hall–Kier alpha value is -1.30. The third-order valence-electron chi connectivity index (χ3n) is 2.81. The largest absolute Gasteiger partial charge is 0.480 e. The fraction of sp³-hybridized carbons (Fsp3) is 0.818. The van der Waals surface area contributed by atoms with Crippen molar-refractivity contribution in [1.29, 1.82) is 0 Å². The van der Waals surface area contributed by atoms with Gasteiger partial charge in [0, 0.05) is 6.54 Å². The Bertz CT molecular complexity index is 270. The van der Waals surface area contributed by atoms with Gasteiger partial charge in [-0.15, -0.1) is 0 Å². The first-order valence-electron chi connectivity index (χ1n) is 6.08. The third-order valence-corrected chi connectivity index (χ3v) is 2.81. The number of hydroxylamine groups is 1. The van der Waals surface area contributed by atoms with Crippen LogP contribution in [-0.2, 0) is 9.63 Å². The van der Waals surface area contributed by atoms with Crippen LogP contribution < -0.4 is 5.48 Å². The van der Waals surface area contributed by atoms with E-state index in [4.69, 9.17) is 9.94 Å². The van der Waals surface area contributed by atoms with Crippen LogP contribution in [0.4, 0.5) is 4.79 Å². The fourth-order valence-electron chi connectivity index (χ4n) is 1.82. The van der Waals surface area contributed by atoms with E-state index in [9.17, 15) is 9.59 Å². The standard InChI is InChI=1S/C11H20N2O4/c1-2-3-8-17-12-11(16)13-7-5-4-6-9(13)10(14)15/h9H,2-8H2,1H3,(H,12,16)(H,14,15)/t9-/m0/s1. The minimum absolute atomic E-state index is 0.451. The number of amides is 2. The molecule has 0 aromatic rings. The van der Waals surface area contributed by atoms with Gasteiger partial charge in [-0.25, -0.2) is 15.1 Å². The van der Waals surface area contributed by atoms with Crippen molar-refractivity contribution in [2.45, 2.75) is 45.1 Å². The first-order valence-corrected chi connectivity index (χ1v) is 6.08. The second-order valence-corrected chi connectivity index (χ2v) is 4.15. The lowest BCUT2D eigenvalue weighted by molar-refractivity contribution is -0.143. The summed E-state index contributed by atoms with van der Waals surface area (Å²) in [5.74, 6) is -0.951. The van der Waals surface area contributed by atoms with E-state index in [1.165, 1.54) is 4.90 Å². The highest BCUT2D eigenvalue weighted by atomic mass is 16.7. The summed E-state index contributed by atoms with van der Waals surface area (Å²) in [7, 11) is 0. The van der Waals surface area contributed by atoms with E-state index in [2.05, 4.69) is 5.48 Å². The number of unbranched alkanes of at least 4 members (excludes halogenated alkanes) is 1. The highest BCUT2D eigenvalue weighted by molar-refractivity contribution is 5.82. The fourth-order valence-corrected chi connectivity index (χ4v) is 1.82. The Labute approximate surface area is 101 Å². The number of likely N-dealkylation sites (tertiary alicyclic amines) is 1. The molecule has 1 aliphatic heterocycles. The van der Waals surface area contributed by atoms with Gasteiger partial charge in [-0.3, -0.25) is 4.84 Å². The Morgan fingerprint density at radius 3 is 2.88 bits per heavy atom. The van der Waals surface area contributed by atoms with Crippen LogP contribution in [0.5, 0.6) is 0 Å². The predicted molar refractivity (Wildman–Crippen MR) is 61.4 cm³/mol. The molecule has 0 aliphatic carbocycles. The molecule has 6 heteroatoms. The lowest BCUT2D eigenvalue weighted by Crippen LogP contribution is -2.51. The monoisotopic (exact) mass is 244 g/mol. The molecule has 6 nitrogen and oxygen atoms in total. The summed E-state index contributed by atoms with van der Waals surface area (Å²) in [6.07, 6.45) is 4.04. The number of aliphatic carboxylic acids is 1. The molecule has 0 aromatic carbocycles. The Morgan fingerprint density at radius 1 is 1.47 bits per heavy atom. The van der Waals surface area contributed by atoms with Crippen molar-refractivity contribution in [2.75, 3.05) is 13.2 Å². The molecule has 0 unspecified atom stereocenters. The van der Waals surface area contributed by atoms with E-state index in [1.807, 2.05) is 6.92 Å². The van der Waals surface area contributed by atoms with Crippen molar-refractivity contribution in [2.24, 2.45) is 0 Å². The zero-order chi connectivity index (χ0) is 12.7. The molecule has 2 N–H and O–H groups in total. The van der Waals surface area contributed by atoms with Crippen LogP contribution in [0.2, 0.25) is 0 Å². The number of rotatable bonds is 5. The summed E-state index contributed by atoms with van der Waals surface area (Å²) in [6, 6.07) is -1.17. The van der Waals surface area contributed by atoms with Gasteiger partial charge in [-0.05, 0) is 25.7 Å². The van der Waals surface area contributed by atoms with Crippen LogP contribution in [0.25, 0.3) is 0 Å². The molecule has 1 heterocycles. The number of urea groups is 1. The van der Waals surface area contributed by atoms with Gasteiger partial charge >= 0.3 is 12.0 Å². The normalized spacial score (nSPS) is 20.1. The maximum atomic E-state index is 11.7. The van der Waals surface area contributed by atoms with E-state index in [0.29, 0.717) is 19.6 Å². The van der Waals surface area contributed by atoms with Gasteiger partial charge < -0.3 is 10.0 Å². The number of carboxylic acids is 1. The van der Waals surface area contributed by atoms with Gasteiger partial charge in [0.15, 0.2) is 0 Å². The average molecular weight is 244 g/mol. The van der Waals surface area contributed by atoms with Crippen LogP contribution in [0.3, 0.4) is 0 Å². The molecule has 1 atom stereocenters. The molecule has 1 aliphatic rings. The van der Waals surface area contributed by atoms with Gasteiger partial charge in [0.25, 0.3) is 0 Å². The minimum atomic E-state index is -0.951. The zero-order valence-corrected chi connectivity index (χ0v) is 10.1. The van der Waals surface area contributed by atoms with E-state index in [0.717, 1.165) is 25.7 Å². The summed E-state index contributed by atoms with van der Waals surface area (Å²) in [5, 5.41) is 9.00. The molecule has 0 aromatic heterocycles. The number of carbonyl (C=O) groups excluding carboxylic acids is 1. The molecule has 0 bridgehead atoms. The van der Waals surface area contributed by atoms with Crippen LogP contribution in [0.1, 0.15) is 39.0 Å². The van der Waals surface area contributed by atoms with E-state index < -0.39 is 18.0 Å². The average Bonchev–Trinajstić information content (AvgIpc) is 2.34. The summed E-state index contributed by atoms with van der Waals surface area (Å²) in [5.41, 5.74) is 2.30. The third kappa shape index (κ3) is 4.22. The van der Waals surface area contributed by atoms with Gasteiger partial charge in [0.2, 0.25) is 0 Å². The van der Waals surface area contributed by atoms with Gasteiger partial charge in [0.1, 0.15) is 6.04 Å². The SMILES string of the molecule is CCCCONC(=O)N1CCCC[C@H]1C(=O)O. The quantitative estimate of drug-likeness (QED) is 0.565.